The zero-order valence-electron chi connectivity index (χ0n) is 26.7. The lowest BCUT2D eigenvalue weighted by Gasteiger charge is -2.11. The van der Waals surface area contributed by atoms with Crippen LogP contribution in [0.15, 0.2) is 140 Å². The summed E-state index contributed by atoms with van der Waals surface area (Å²) in [6, 6.07) is 48.3. The van der Waals surface area contributed by atoms with E-state index < -0.39 is 0 Å². The molecule has 228 valence electrons. The largest absolute Gasteiger partial charge is 0.308 e. The molecule has 3 nitrogen and oxygen atoms in total. The fourth-order valence-corrected chi connectivity index (χ4v) is 8.32. The van der Waals surface area contributed by atoms with Gasteiger partial charge >= 0.3 is 0 Å². The minimum absolute atomic E-state index is 0.877. The summed E-state index contributed by atoms with van der Waals surface area (Å²) in [4.78, 5) is 10.3. The van der Waals surface area contributed by atoms with Gasteiger partial charge in [0.15, 0.2) is 0 Å². The van der Waals surface area contributed by atoms with Crippen LogP contribution in [-0.4, -0.2) is 14.4 Å². The highest BCUT2D eigenvalue weighted by Crippen LogP contribution is 2.38. The molecule has 0 fully saturated rings. The van der Waals surface area contributed by atoms with Crippen LogP contribution in [0.3, 0.4) is 0 Å². The van der Waals surface area contributed by atoms with Crippen molar-refractivity contribution in [3.63, 3.8) is 0 Å². The topological polar surface area (TPSA) is 30.2 Å². The molecule has 10 aromatic rings. The number of nitrogens with zero attached hydrogens (tertiary/aromatic N) is 3. The van der Waals surface area contributed by atoms with Crippen LogP contribution in [0.1, 0.15) is 12.8 Å². The lowest BCUT2D eigenvalue weighted by atomic mass is 9.97. The summed E-state index contributed by atoms with van der Waals surface area (Å²) in [6.07, 6.45) is 8.95. The van der Waals surface area contributed by atoms with Gasteiger partial charge in [-0.2, -0.15) is 0 Å². The van der Waals surface area contributed by atoms with E-state index in [1.54, 1.807) is 0 Å². The molecule has 0 saturated heterocycles. The van der Waals surface area contributed by atoms with Crippen molar-refractivity contribution in [2.75, 3.05) is 0 Å². The van der Waals surface area contributed by atoms with E-state index in [9.17, 15) is 0 Å². The average Bonchev–Trinajstić information content (AvgIpc) is 3.69. The molecular formula is C46H29N3. The van der Waals surface area contributed by atoms with Crippen LogP contribution in [0.4, 0.5) is 0 Å². The van der Waals surface area contributed by atoms with E-state index in [4.69, 9.17) is 9.97 Å². The molecule has 3 heteroatoms. The SMILES string of the molecule is C1=c2c(n3c4ccc(-c5cccc(-c6cnc7c8ccccc8c8ccccc8c7n6)c5)cc4c4cc(-c5ccccc5)cc2c43)=CCC1. The van der Waals surface area contributed by atoms with Gasteiger partial charge in [-0.05, 0) is 76.2 Å². The molecule has 1 aliphatic carbocycles. The van der Waals surface area contributed by atoms with Crippen molar-refractivity contribution in [2.24, 2.45) is 0 Å². The summed E-state index contributed by atoms with van der Waals surface area (Å²) < 4.78 is 2.50. The van der Waals surface area contributed by atoms with Gasteiger partial charge in [-0.25, -0.2) is 4.98 Å². The molecule has 7 aromatic carbocycles. The second-order valence-corrected chi connectivity index (χ2v) is 13.3. The minimum atomic E-state index is 0.877. The second kappa shape index (κ2) is 10.1. The summed E-state index contributed by atoms with van der Waals surface area (Å²) in [5, 5.41) is 11.3. The predicted octanol–water partition coefficient (Wildman–Crippen LogP) is 10.3. The third-order valence-corrected chi connectivity index (χ3v) is 10.5. The fraction of sp³-hybridized carbons (Fsp3) is 0.0435. The van der Waals surface area contributed by atoms with Crippen molar-refractivity contribution in [3.8, 4) is 33.5 Å². The Hall–Kier alpha value is -6.32. The smallest absolute Gasteiger partial charge is 0.0979 e. The van der Waals surface area contributed by atoms with Crippen LogP contribution in [0, 0.1) is 0 Å². The molecule has 0 unspecified atom stereocenters. The van der Waals surface area contributed by atoms with Crippen molar-refractivity contribution in [1.82, 2.24) is 14.4 Å². The van der Waals surface area contributed by atoms with Crippen molar-refractivity contribution in [3.05, 3.63) is 150 Å². The zero-order valence-corrected chi connectivity index (χ0v) is 26.7. The number of benzene rings is 7. The predicted molar refractivity (Wildman–Crippen MR) is 205 cm³/mol. The molecule has 0 atom stereocenters. The van der Waals surface area contributed by atoms with Crippen LogP contribution in [-0.2, 0) is 0 Å². The van der Waals surface area contributed by atoms with E-state index in [1.807, 2.05) is 6.20 Å². The standard InChI is InChI=1S/C46H29N3/c1-2-11-28(12-3-1)32-25-39-35-17-8-9-20-42(35)49-43-22-21-30(24-38(43)40(26-32)46(39)49)29-13-10-14-31(23-29)41-27-47-44-36-18-6-4-15-33(36)34-16-5-7-19-37(34)45(44)48-41/h1-7,10-27H,8-9H2. The number of hydrogen-bond acceptors (Lipinski definition) is 2. The maximum Gasteiger partial charge on any atom is 0.0979 e. The molecule has 49 heavy (non-hydrogen) atoms. The van der Waals surface area contributed by atoms with Gasteiger partial charge in [0.25, 0.3) is 0 Å². The first-order chi connectivity index (χ1) is 24.3. The first kappa shape index (κ1) is 26.7. The number of rotatable bonds is 3. The van der Waals surface area contributed by atoms with Crippen LogP contribution < -0.4 is 10.6 Å². The molecule has 1 aliphatic rings. The van der Waals surface area contributed by atoms with E-state index in [0.29, 0.717) is 0 Å². The van der Waals surface area contributed by atoms with Gasteiger partial charge in [-0.3, -0.25) is 4.98 Å². The molecule has 0 N–H and O–H groups in total. The number of fused-ring (bicyclic) bond motifs is 12. The quantitative estimate of drug-likeness (QED) is 0.183. The summed E-state index contributed by atoms with van der Waals surface area (Å²) >= 11 is 0. The number of aromatic nitrogens is 3. The van der Waals surface area contributed by atoms with Gasteiger partial charge < -0.3 is 4.40 Å². The van der Waals surface area contributed by atoms with Crippen molar-refractivity contribution >= 4 is 71.9 Å². The molecule has 0 radical (unpaired) electrons. The average molecular weight is 624 g/mol. The normalized spacial score (nSPS) is 13.1. The highest BCUT2D eigenvalue weighted by molar-refractivity contribution is 6.23. The monoisotopic (exact) mass is 623 g/mol. The third kappa shape index (κ3) is 3.84. The van der Waals surface area contributed by atoms with Crippen molar-refractivity contribution in [2.45, 2.75) is 12.8 Å². The molecular weight excluding hydrogens is 595 g/mol. The molecule has 3 heterocycles. The van der Waals surface area contributed by atoms with Crippen molar-refractivity contribution < 1.29 is 0 Å². The van der Waals surface area contributed by atoms with E-state index >= 15 is 0 Å². The van der Waals surface area contributed by atoms with Crippen LogP contribution in [0.2, 0.25) is 0 Å². The Kier molecular flexibility index (Phi) is 5.50. The lowest BCUT2D eigenvalue weighted by molar-refractivity contribution is 1.08. The Labute approximate surface area is 282 Å². The molecule has 0 saturated carbocycles. The van der Waals surface area contributed by atoms with Gasteiger partial charge in [0.05, 0.1) is 34.0 Å². The van der Waals surface area contributed by atoms with E-state index in [2.05, 4.69) is 150 Å². The second-order valence-electron chi connectivity index (χ2n) is 13.3. The summed E-state index contributed by atoms with van der Waals surface area (Å²) in [7, 11) is 0. The van der Waals surface area contributed by atoms with Crippen LogP contribution in [0.25, 0.3) is 105 Å². The molecule has 3 aromatic heterocycles. The van der Waals surface area contributed by atoms with Gasteiger partial charge in [-0.15, -0.1) is 0 Å². The van der Waals surface area contributed by atoms with Crippen LogP contribution >= 0.6 is 0 Å². The maximum absolute atomic E-state index is 5.27. The summed E-state index contributed by atoms with van der Waals surface area (Å²) in [6.45, 7) is 0. The first-order valence-electron chi connectivity index (χ1n) is 17.1. The molecule has 0 amide bonds. The molecule has 0 bridgehead atoms. The Morgan fingerprint density at radius 2 is 1.10 bits per heavy atom. The molecule has 0 aliphatic heterocycles. The first-order valence-corrected chi connectivity index (χ1v) is 17.1. The molecule has 0 spiro atoms. The van der Waals surface area contributed by atoms with Gasteiger partial charge in [0, 0.05) is 43.1 Å². The van der Waals surface area contributed by atoms with E-state index in [0.717, 1.165) is 45.9 Å². The Balaban J connectivity index is 1.10. The Morgan fingerprint density at radius 1 is 0.449 bits per heavy atom. The van der Waals surface area contributed by atoms with Gasteiger partial charge in [0.1, 0.15) is 0 Å². The maximum atomic E-state index is 5.27. The minimum Gasteiger partial charge on any atom is -0.308 e. The molecule has 11 rings (SSSR count). The Bertz CT molecular complexity index is 3060. The number of hydrogen-bond donors (Lipinski definition) is 0. The highest BCUT2D eigenvalue weighted by Gasteiger charge is 2.19. The van der Waals surface area contributed by atoms with E-state index in [-0.39, 0.29) is 0 Å². The van der Waals surface area contributed by atoms with Gasteiger partial charge in [-0.1, -0.05) is 115 Å². The summed E-state index contributed by atoms with van der Waals surface area (Å²) in [5.41, 5.74) is 11.3. The Morgan fingerprint density at radius 3 is 1.94 bits per heavy atom. The van der Waals surface area contributed by atoms with E-state index in [1.165, 1.54) is 70.8 Å². The van der Waals surface area contributed by atoms with Gasteiger partial charge in [0.2, 0.25) is 0 Å². The summed E-state index contributed by atoms with van der Waals surface area (Å²) in [5.74, 6) is 0. The van der Waals surface area contributed by atoms with Crippen LogP contribution in [0.5, 0.6) is 0 Å². The zero-order chi connectivity index (χ0) is 32.1. The highest BCUT2D eigenvalue weighted by atomic mass is 14.9. The third-order valence-electron chi connectivity index (χ3n) is 10.5. The fourth-order valence-electron chi connectivity index (χ4n) is 8.32. The van der Waals surface area contributed by atoms with Crippen molar-refractivity contribution in [1.29, 1.82) is 0 Å². The lowest BCUT2D eigenvalue weighted by Crippen LogP contribution is -2.27.